The molecule has 16 heavy (non-hydrogen) atoms. The zero-order valence-corrected chi connectivity index (χ0v) is 10.9. The summed E-state index contributed by atoms with van der Waals surface area (Å²) in [6.07, 6.45) is 1.94. The van der Waals surface area contributed by atoms with Crippen molar-refractivity contribution in [2.75, 3.05) is 13.6 Å². The Morgan fingerprint density at radius 2 is 2.12 bits per heavy atom. The molecule has 0 saturated carbocycles. The van der Waals surface area contributed by atoms with Crippen LogP contribution in [-0.2, 0) is 5.41 Å². The summed E-state index contributed by atoms with van der Waals surface area (Å²) in [6.45, 7) is 9.40. The Balaban J connectivity index is 2.75. The Bertz CT molecular complexity index is 331. The van der Waals surface area contributed by atoms with Gasteiger partial charge in [-0.3, -0.25) is 0 Å². The minimum atomic E-state index is 0.132. The molecule has 1 aromatic heterocycles. The summed E-state index contributed by atoms with van der Waals surface area (Å²) >= 11 is 0. The van der Waals surface area contributed by atoms with E-state index in [4.69, 9.17) is 4.74 Å². The van der Waals surface area contributed by atoms with Gasteiger partial charge in [0.25, 0.3) is 0 Å². The first-order valence-electron chi connectivity index (χ1n) is 5.71. The number of ether oxygens (including phenoxy) is 1. The molecule has 0 unspecified atom stereocenters. The van der Waals surface area contributed by atoms with Crippen LogP contribution in [0.5, 0.6) is 5.88 Å². The molecule has 1 aromatic rings. The predicted octanol–water partition coefficient (Wildman–Crippen LogP) is 2.37. The molecule has 0 bridgehead atoms. The summed E-state index contributed by atoms with van der Waals surface area (Å²) in [5, 5.41) is 3.08. The Kier molecular flexibility index (Phi) is 4.30. The lowest BCUT2D eigenvalue weighted by atomic mass is 9.88. The maximum atomic E-state index is 5.72. The zero-order valence-electron chi connectivity index (χ0n) is 10.9. The molecule has 0 fully saturated rings. The van der Waals surface area contributed by atoms with Crippen LogP contribution in [0.4, 0.5) is 0 Å². The van der Waals surface area contributed by atoms with E-state index in [-0.39, 0.29) is 11.5 Å². The lowest BCUT2D eigenvalue weighted by molar-refractivity contribution is 0.211. The minimum Gasteiger partial charge on any atom is -0.473 e. The van der Waals surface area contributed by atoms with Crippen LogP contribution in [0.1, 0.15) is 33.3 Å². The van der Waals surface area contributed by atoms with E-state index in [1.165, 1.54) is 5.56 Å². The lowest BCUT2D eigenvalue weighted by Gasteiger charge is -2.20. The topological polar surface area (TPSA) is 34.1 Å². The van der Waals surface area contributed by atoms with Gasteiger partial charge in [0.05, 0.1) is 0 Å². The number of rotatable bonds is 4. The summed E-state index contributed by atoms with van der Waals surface area (Å²) in [7, 11) is 1.92. The second kappa shape index (κ2) is 5.30. The lowest BCUT2D eigenvalue weighted by Crippen LogP contribution is -2.26. The highest BCUT2D eigenvalue weighted by Crippen LogP contribution is 2.24. The third-order valence-electron chi connectivity index (χ3n) is 2.41. The molecule has 1 atom stereocenters. The normalized spacial score (nSPS) is 13.6. The number of nitrogens with one attached hydrogen (secondary N) is 1. The first kappa shape index (κ1) is 13.0. The van der Waals surface area contributed by atoms with Gasteiger partial charge in [-0.1, -0.05) is 20.8 Å². The van der Waals surface area contributed by atoms with Gasteiger partial charge in [-0.15, -0.1) is 0 Å². The molecule has 3 heteroatoms. The number of pyridine rings is 1. The summed E-state index contributed by atoms with van der Waals surface area (Å²) in [6, 6.07) is 4.06. The van der Waals surface area contributed by atoms with Crippen molar-refractivity contribution < 1.29 is 4.74 Å². The number of hydrogen-bond donors (Lipinski definition) is 1. The molecule has 0 aliphatic rings. The third-order valence-corrected chi connectivity index (χ3v) is 2.41. The highest BCUT2D eigenvalue weighted by atomic mass is 16.5. The molecule has 0 saturated heterocycles. The molecule has 90 valence electrons. The van der Waals surface area contributed by atoms with Crippen molar-refractivity contribution in [1.29, 1.82) is 0 Å². The molecule has 1 N–H and O–H groups in total. The number of nitrogens with zero attached hydrogens (tertiary/aromatic N) is 1. The van der Waals surface area contributed by atoms with E-state index in [9.17, 15) is 0 Å². The van der Waals surface area contributed by atoms with Crippen molar-refractivity contribution >= 4 is 0 Å². The Labute approximate surface area is 98.2 Å². The van der Waals surface area contributed by atoms with Gasteiger partial charge in [-0.25, -0.2) is 4.98 Å². The fraction of sp³-hybridized carbons (Fsp3) is 0.615. The fourth-order valence-electron chi connectivity index (χ4n) is 1.48. The van der Waals surface area contributed by atoms with Crippen molar-refractivity contribution in [3.8, 4) is 5.88 Å². The summed E-state index contributed by atoms with van der Waals surface area (Å²) < 4.78 is 5.72. The van der Waals surface area contributed by atoms with E-state index in [1.54, 1.807) is 0 Å². The van der Waals surface area contributed by atoms with Gasteiger partial charge >= 0.3 is 0 Å². The maximum Gasteiger partial charge on any atom is 0.213 e. The van der Waals surface area contributed by atoms with Crippen molar-refractivity contribution in [3.63, 3.8) is 0 Å². The van der Waals surface area contributed by atoms with Gasteiger partial charge in [0.1, 0.15) is 6.10 Å². The van der Waals surface area contributed by atoms with Crippen LogP contribution in [-0.4, -0.2) is 24.7 Å². The SMILES string of the molecule is CNC[C@H](C)Oc1cc(C(C)(C)C)ccn1. The van der Waals surface area contributed by atoms with Gasteiger partial charge in [0, 0.05) is 18.8 Å². The Morgan fingerprint density at radius 3 is 2.69 bits per heavy atom. The highest BCUT2D eigenvalue weighted by molar-refractivity contribution is 5.26. The van der Waals surface area contributed by atoms with E-state index in [0.717, 1.165) is 6.54 Å². The molecule has 3 nitrogen and oxygen atoms in total. The average Bonchev–Trinajstić information content (AvgIpc) is 2.17. The monoisotopic (exact) mass is 222 g/mol. The molecular weight excluding hydrogens is 200 g/mol. The van der Waals surface area contributed by atoms with Gasteiger partial charge in [0.15, 0.2) is 0 Å². The Hall–Kier alpha value is -1.09. The molecule has 0 aromatic carbocycles. The van der Waals surface area contributed by atoms with Gasteiger partial charge in [0.2, 0.25) is 5.88 Å². The molecular formula is C13H22N2O. The third kappa shape index (κ3) is 3.81. The quantitative estimate of drug-likeness (QED) is 0.849. The molecule has 0 amide bonds. The maximum absolute atomic E-state index is 5.72. The molecule has 1 rings (SSSR count). The van der Waals surface area contributed by atoms with Crippen LogP contribution in [0, 0.1) is 0 Å². The highest BCUT2D eigenvalue weighted by Gasteiger charge is 2.15. The smallest absolute Gasteiger partial charge is 0.213 e. The molecule has 0 radical (unpaired) electrons. The minimum absolute atomic E-state index is 0.132. The number of aromatic nitrogens is 1. The molecule has 1 heterocycles. The van der Waals surface area contributed by atoms with Crippen molar-refractivity contribution in [1.82, 2.24) is 10.3 Å². The molecule has 0 spiro atoms. The summed E-state index contributed by atoms with van der Waals surface area (Å²) in [4.78, 5) is 4.23. The predicted molar refractivity (Wildman–Crippen MR) is 67.0 cm³/mol. The fourth-order valence-corrected chi connectivity index (χ4v) is 1.48. The Morgan fingerprint density at radius 1 is 1.44 bits per heavy atom. The summed E-state index contributed by atoms with van der Waals surface area (Å²) in [5.41, 5.74) is 1.38. The molecule has 0 aliphatic heterocycles. The van der Waals surface area contributed by atoms with Gasteiger partial charge in [-0.05, 0) is 31.0 Å². The van der Waals surface area contributed by atoms with Crippen LogP contribution in [0.3, 0.4) is 0 Å². The summed E-state index contributed by atoms with van der Waals surface area (Å²) in [5.74, 6) is 0.704. The van der Waals surface area contributed by atoms with Crippen LogP contribution in [0.25, 0.3) is 0 Å². The standard InChI is InChI=1S/C13H22N2O/c1-10(9-14-5)16-12-8-11(6-7-15-12)13(2,3)4/h6-8,10,14H,9H2,1-5H3/t10-/m0/s1. The average molecular weight is 222 g/mol. The van der Waals surface area contributed by atoms with Crippen LogP contribution >= 0.6 is 0 Å². The van der Waals surface area contributed by atoms with E-state index in [1.807, 2.05) is 32.3 Å². The van der Waals surface area contributed by atoms with Crippen molar-refractivity contribution in [3.05, 3.63) is 23.9 Å². The van der Waals surface area contributed by atoms with E-state index < -0.39 is 0 Å². The van der Waals surface area contributed by atoms with E-state index >= 15 is 0 Å². The first-order chi connectivity index (χ1) is 7.43. The first-order valence-corrected chi connectivity index (χ1v) is 5.71. The number of hydrogen-bond acceptors (Lipinski definition) is 3. The van der Waals surface area contributed by atoms with Crippen molar-refractivity contribution in [2.24, 2.45) is 0 Å². The van der Waals surface area contributed by atoms with Crippen LogP contribution in [0.2, 0.25) is 0 Å². The largest absolute Gasteiger partial charge is 0.473 e. The van der Waals surface area contributed by atoms with Gasteiger partial charge < -0.3 is 10.1 Å². The van der Waals surface area contributed by atoms with Crippen LogP contribution in [0.15, 0.2) is 18.3 Å². The second-order valence-electron chi connectivity index (χ2n) is 5.12. The molecule has 0 aliphatic carbocycles. The van der Waals surface area contributed by atoms with Crippen molar-refractivity contribution in [2.45, 2.75) is 39.2 Å². The van der Waals surface area contributed by atoms with Crippen LogP contribution < -0.4 is 10.1 Å². The van der Waals surface area contributed by atoms with Gasteiger partial charge in [-0.2, -0.15) is 0 Å². The zero-order chi connectivity index (χ0) is 12.2. The van der Waals surface area contributed by atoms with E-state index in [2.05, 4.69) is 31.1 Å². The van der Waals surface area contributed by atoms with E-state index in [0.29, 0.717) is 5.88 Å². The number of likely N-dealkylation sites (N-methyl/N-ethyl adjacent to an activating group) is 1. The second-order valence-corrected chi connectivity index (χ2v) is 5.12.